The molecule has 1 aromatic carbocycles. The molecule has 1 aliphatic heterocycles. The number of rotatable bonds is 5. The van der Waals surface area contributed by atoms with Gasteiger partial charge in [-0.25, -0.2) is 4.98 Å². The average molecular weight is 344 g/mol. The highest BCUT2D eigenvalue weighted by Gasteiger charge is 2.20. The van der Waals surface area contributed by atoms with Crippen LogP contribution in [0.15, 0.2) is 42.5 Å². The number of carbonyl (C=O) groups is 2. The van der Waals surface area contributed by atoms with Crippen molar-refractivity contribution in [1.82, 2.24) is 9.88 Å². The van der Waals surface area contributed by atoms with E-state index in [0.717, 1.165) is 25.9 Å². The summed E-state index contributed by atoms with van der Waals surface area (Å²) < 4.78 is 0. The van der Waals surface area contributed by atoms with Gasteiger partial charge >= 0.3 is 0 Å². The number of amides is 1. The van der Waals surface area contributed by atoms with Crippen molar-refractivity contribution < 1.29 is 9.59 Å². The van der Waals surface area contributed by atoms with Gasteiger partial charge in [-0.15, -0.1) is 0 Å². The van der Waals surface area contributed by atoms with Gasteiger partial charge in [-0.2, -0.15) is 0 Å². The van der Waals surface area contributed by atoms with Crippen LogP contribution >= 0.6 is 11.6 Å². The zero-order chi connectivity index (χ0) is 16.9. The summed E-state index contributed by atoms with van der Waals surface area (Å²) in [4.78, 5) is 31.1. The summed E-state index contributed by atoms with van der Waals surface area (Å²) in [7, 11) is 0. The number of hydrogen-bond donors (Lipinski definition) is 1. The zero-order valence-corrected chi connectivity index (χ0v) is 13.9. The van der Waals surface area contributed by atoms with Crippen molar-refractivity contribution in [2.45, 2.75) is 12.8 Å². The van der Waals surface area contributed by atoms with Crippen LogP contribution in [-0.2, 0) is 4.79 Å². The van der Waals surface area contributed by atoms with Crippen molar-refractivity contribution in [3.63, 3.8) is 0 Å². The fourth-order valence-corrected chi connectivity index (χ4v) is 2.92. The van der Waals surface area contributed by atoms with Gasteiger partial charge in [-0.3, -0.25) is 14.5 Å². The number of benzene rings is 1. The number of carbonyl (C=O) groups excluding carboxylic acids is 2. The molecule has 1 aliphatic rings. The molecule has 0 saturated carbocycles. The van der Waals surface area contributed by atoms with Crippen molar-refractivity contribution in [2.75, 3.05) is 25.0 Å². The summed E-state index contributed by atoms with van der Waals surface area (Å²) >= 11 is 5.94. The topological polar surface area (TPSA) is 62.3 Å². The van der Waals surface area contributed by atoms with Crippen LogP contribution in [0.3, 0.4) is 0 Å². The largest absolute Gasteiger partial charge is 0.323 e. The molecule has 6 heteroatoms. The number of nitrogens with one attached hydrogen (secondary N) is 1. The van der Waals surface area contributed by atoms with E-state index in [0.29, 0.717) is 17.8 Å². The molecular weight excluding hydrogens is 326 g/mol. The van der Waals surface area contributed by atoms with Gasteiger partial charge in [-0.05, 0) is 38.1 Å². The Bertz CT molecular complexity index is 743. The number of halogens is 1. The summed E-state index contributed by atoms with van der Waals surface area (Å²) in [6.45, 7) is 2.19. The van der Waals surface area contributed by atoms with Crippen molar-refractivity contribution in [3.8, 4) is 0 Å². The first kappa shape index (κ1) is 16.6. The van der Waals surface area contributed by atoms with Crippen LogP contribution < -0.4 is 5.32 Å². The zero-order valence-electron chi connectivity index (χ0n) is 13.2. The molecule has 3 rings (SSSR count). The number of nitrogens with zero attached hydrogens (tertiary/aromatic N) is 2. The monoisotopic (exact) mass is 343 g/mol. The van der Waals surface area contributed by atoms with Gasteiger partial charge in [0.05, 0.1) is 12.2 Å². The number of ketones is 1. The predicted octanol–water partition coefficient (Wildman–Crippen LogP) is 3.00. The molecule has 1 amide bonds. The van der Waals surface area contributed by atoms with Crippen LogP contribution in [0.4, 0.5) is 5.69 Å². The highest BCUT2D eigenvalue weighted by molar-refractivity contribution is 6.30. The second kappa shape index (κ2) is 7.55. The van der Waals surface area contributed by atoms with E-state index in [4.69, 9.17) is 11.6 Å². The Morgan fingerprint density at radius 3 is 2.50 bits per heavy atom. The maximum Gasteiger partial charge on any atom is 0.238 e. The Kier molecular flexibility index (Phi) is 5.23. The Morgan fingerprint density at radius 1 is 1.08 bits per heavy atom. The molecular formula is C18H18ClN3O2. The van der Waals surface area contributed by atoms with Crippen molar-refractivity contribution in [1.29, 1.82) is 0 Å². The van der Waals surface area contributed by atoms with Crippen molar-refractivity contribution in [3.05, 3.63) is 58.9 Å². The molecule has 0 bridgehead atoms. The number of hydrogen-bond acceptors (Lipinski definition) is 4. The maximum absolute atomic E-state index is 12.7. The number of aromatic nitrogens is 1. The van der Waals surface area contributed by atoms with Gasteiger partial charge in [0.15, 0.2) is 0 Å². The van der Waals surface area contributed by atoms with E-state index in [2.05, 4.69) is 15.2 Å². The molecule has 1 N–H and O–H groups in total. The van der Waals surface area contributed by atoms with Crippen molar-refractivity contribution in [2.24, 2.45) is 0 Å². The fourth-order valence-electron chi connectivity index (χ4n) is 2.77. The van der Waals surface area contributed by atoms with Crippen LogP contribution in [0.1, 0.15) is 28.9 Å². The lowest BCUT2D eigenvalue weighted by atomic mass is 10.1. The minimum atomic E-state index is -0.269. The van der Waals surface area contributed by atoms with E-state index < -0.39 is 0 Å². The predicted molar refractivity (Wildman–Crippen MR) is 93.4 cm³/mol. The Labute approximate surface area is 145 Å². The lowest BCUT2D eigenvalue weighted by Gasteiger charge is -2.15. The third kappa shape index (κ3) is 3.99. The first-order valence-electron chi connectivity index (χ1n) is 7.92. The van der Waals surface area contributed by atoms with Crippen LogP contribution in [0.25, 0.3) is 0 Å². The number of pyridine rings is 1. The van der Waals surface area contributed by atoms with Gasteiger partial charge in [0.2, 0.25) is 11.7 Å². The van der Waals surface area contributed by atoms with E-state index in [1.165, 1.54) is 0 Å². The summed E-state index contributed by atoms with van der Waals surface area (Å²) in [5.74, 6) is -0.419. The first-order valence-corrected chi connectivity index (χ1v) is 8.30. The standard InChI is InChI=1S/C18H18ClN3O2/c19-15-9-8-14(20-16(23)12-22-10-4-5-11-22)17(21-15)18(24)13-6-2-1-3-7-13/h1-3,6-9H,4-5,10-12H2,(H,20,23). The molecule has 1 aromatic heterocycles. The third-order valence-corrected chi connectivity index (χ3v) is 4.16. The van der Waals surface area contributed by atoms with E-state index in [-0.39, 0.29) is 22.5 Å². The van der Waals surface area contributed by atoms with Gasteiger partial charge in [0.1, 0.15) is 10.8 Å². The highest BCUT2D eigenvalue weighted by atomic mass is 35.5. The molecule has 0 radical (unpaired) electrons. The Morgan fingerprint density at radius 2 is 1.79 bits per heavy atom. The Balaban J connectivity index is 1.80. The minimum Gasteiger partial charge on any atom is -0.323 e. The molecule has 0 unspecified atom stereocenters. The lowest BCUT2D eigenvalue weighted by molar-refractivity contribution is -0.117. The molecule has 0 spiro atoms. The normalized spacial score (nSPS) is 14.5. The van der Waals surface area contributed by atoms with E-state index in [1.54, 1.807) is 36.4 Å². The second-order valence-corrected chi connectivity index (χ2v) is 6.14. The van der Waals surface area contributed by atoms with Crippen LogP contribution in [0.2, 0.25) is 5.15 Å². The maximum atomic E-state index is 12.7. The molecule has 1 saturated heterocycles. The smallest absolute Gasteiger partial charge is 0.238 e. The van der Waals surface area contributed by atoms with Crippen LogP contribution in [-0.4, -0.2) is 41.2 Å². The molecule has 0 aliphatic carbocycles. The molecule has 2 heterocycles. The van der Waals surface area contributed by atoms with Crippen LogP contribution in [0, 0.1) is 0 Å². The molecule has 24 heavy (non-hydrogen) atoms. The van der Waals surface area contributed by atoms with E-state index in [1.807, 2.05) is 6.07 Å². The van der Waals surface area contributed by atoms with Gasteiger partial charge < -0.3 is 5.32 Å². The number of likely N-dealkylation sites (tertiary alicyclic amines) is 1. The van der Waals surface area contributed by atoms with Gasteiger partial charge in [-0.1, -0.05) is 41.9 Å². The van der Waals surface area contributed by atoms with Crippen LogP contribution in [0.5, 0.6) is 0 Å². The van der Waals surface area contributed by atoms with Gasteiger partial charge in [0.25, 0.3) is 0 Å². The summed E-state index contributed by atoms with van der Waals surface area (Å²) in [6, 6.07) is 12.0. The molecule has 2 aromatic rings. The third-order valence-electron chi connectivity index (χ3n) is 3.95. The quantitative estimate of drug-likeness (QED) is 0.669. The van der Waals surface area contributed by atoms with Gasteiger partial charge in [0, 0.05) is 5.56 Å². The highest BCUT2D eigenvalue weighted by Crippen LogP contribution is 2.20. The van der Waals surface area contributed by atoms with E-state index in [9.17, 15) is 9.59 Å². The summed E-state index contributed by atoms with van der Waals surface area (Å²) in [5.41, 5.74) is 1.04. The molecule has 1 fully saturated rings. The Hall–Kier alpha value is -2.24. The lowest BCUT2D eigenvalue weighted by Crippen LogP contribution is -2.31. The number of anilines is 1. The fraction of sp³-hybridized carbons (Fsp3) is 0.278. The molecule has 5 nitrogen and oxygen atoms in total. The van der Waals surface area contributed by atoms with Crippen molar-refractivity contribution >= 4 is 29.0 Å². The molecule has 0 atom stereocenters. The average Bonchev–Trinajstić information content (AvgIpc) is 3.09. The molecule has 124 valence electrons. The first-order chi connectivity index (χ1) is 11.6. The summed E-state index contributed by atoms with van der Waals surface area (Å²) in [6.07, 6.45) is 2.24. The van der Waals surface area contributed by atoms with E-state index >= 15 is 0 Å². The minimum absolute atomic E-state index is 0.150. The summed E-state index contributed by atoms with van der Waals surface area (Å²) in [5, 5.41) is 3.01. The SMILES string of the molecule is O=C(CN1CCCC1)Nc1ccc(Cl)nc1C(=O)c1ccccc1. The second-order valence-electron chi connectivity index (χ2n) is 5.76.